The van der Waals surface area contributed by atoms with Gasteiger partial charge in [-0.1, -0.05) is 34.1 Å². The summed E-state index contributed by atoms with van der Waals surface area (Å²) in [6.07, 6.45) is 4.17. The highest BCUT2D eigenvalue weighted by molar-refractivity contribution is 8.00. The van der Waals surface area contributed by atoms with Crippen molar-refractivity contribution in [3.63, 3.8) is 0 Å². The lowest BCUT2D eigenvalue weighted by atomic mass is 10.2. The van der Waals surface area contributed by atoms with Crippen molar-refractivity contribution in [2.45, 2.75) is 70.7 Å². The Balaban J connectivity index is 2.07. The predicted molar refractivity (Wildman–Crippen MR) is 71.6 cm³/mol. The minimum Gasteiger partial charge on any atom is -0.310 e. The molecule has 0 aromatic carbocycles. The summed E-state index contributed by atoms with van der Waals surface area (Å²) >= 11 is 2.06. The molecular weight excluding hydrogens is 202 g/mol. The van der Waals surface area contributed by atoms with Crippen molar-refractivity contribution in [1.29, 1.82) is 0 Å². The first-order chi connectivity index (χ1) is 6.92. The van der Waals surface area contributed by atoms with Crippen LogP contribution >= 0.6 is 11.8 Å². The van der Waals surface area contributed by atoms with E-state index < -0.39 is 0 Å². The average Bonchev–Trinajstić information content (AvgIpc) is 2.80. The monoisotopic (exact) mass is 229 g/mol. The molecule has 3 atom stereocenters. The quantitative estimate of drug-likeness (QED) is 0.745. The molecule has 0 aliphatic heterocycles. The van der Waals surface area contributed by atoms with Gasteiger partial charge in [0.15, 0.2) is 0 Å². The molecule has 15 heavy (non-hydrogen) atoms. The highest BCUT2D eigenvalue weighted by Gasteiger charge is 2.36. The van der Waals surface area contributed by atoms with Crippen LogP contribution < -0.4 is 5.32 Å². The van der Waals surface area contributed by atoms with E-state index in [-0.39, 0.29) is 0 Å². The van der Waals surface area contributed by atoms with E-state index in [2.05, 4.69) is 51.7 Å². The molecule has 1 aliphatic carbocycles. The molecule has 0 amide bonds. The Morgan fingerprint density at radius 2 is 2.07 bits per heavy atom. The molecule has 90 valence electrons. The van der Waals surface area contributed by atoms with Crippen LogP contribution in [0.3, 0.4) is 0 Å². The van der Waals surface area contributed by atoms with Crippen LogP contribution in [-0.2, 0) is 0 Å². The van der Waals surface area contributed by atoms with Gasteiger partial charge in [0.2, 0.25) is 0 Å². The number of thioether (sulfide) groups is 1. The topological polar surface area (TPSA) is 12.0 Å². The van der Waals surface area contributed by atoms with E-state index in [9.17, 15) is 0 Å². The number of hydrogen-bond donors (Lipinski definition) is 1. The molecule has 1 fully saturated rings. The lowest BCUT2D eigenvalue weighted by Crippen LogP contribution is -2.32. The Morgan fingerprint density at radius 3 is 2.60 bits per heavy atom. The van der Waals surface area contributed by atoms with Crippen LogP contribution in [0.15, 0.2) is 0 Å². The SMILES string of the molecule is CCCC1CC1NC(C)CSC(C)(C)C. The molecule has 1 aliphatic rings. The highest BCUT2D eigenvalue weighted by atomic mass is 32.2. The molecule has 0 bridgehead atoms. The fourth-order valence-electron chi connectivity index (χ4n) is 1.93. The zero-order chi connectivity index (χ0) is 11.5. The van der Waals surface area contributed by atoms with Crippen molar-refractivity contribution in [2.24, 2.45) is 5.92 Å². The van der Waals surface area contributed by atoms with Crippen LogP contribution in [0.1, 0.15) is 53.9 Å². The second kappa shape index (κ2) is 5.58. The first kappa shape index (κ1) is 13.4. The van der Waals surface area contributed by atoms with E-state index >= 15 is 0 Å². The fourth-order valence-corrected chi connectivity index (χ4v) is 2.78. The van der Waals surface area contributed by atoms with Gasteiger partial charge in [0.05, 0.1) is 0 Å². The van der Waals surface area contributed by atoms with Crippen LogP contribution in [0.4, 0.5) is 0 Å². The van der Waals surface area contributed by atoms with Crippen molar-refractivity contribution in [2.75, 3.05) is 5.75 Å². The summed E-state index contributed by atoms with van der Waals surface area (Å²) in [6, 6.07) is 1.50. The molecule has 0 aromatic rings. The number of rotatable bonds is 6. The molecule has 1 nitrogen and oxygen atoms in total. The zero-order valence-corrected chi connectivity index (χ0v) is 11.8. The molecular formula is C13H27NS. The van der Waals surface area contributed by atoms with Crippen molar-refractivity contribution in [3.05, 3.63) is 0 Å². The molecule has 0 spiro atoms. The van der Waals surface area contributed by atoms with E-state index in [0.29, 0.717) is 10.8 Å². The molecule has 2 heteroatoms. The maximum Gasteiger partial charge on any atom is 0.0132 e. The lowest BCUT2D eigenvalue weighted by Gasteiger charge is -2.21. The van der Waals surface area contributed by atoms with Gasteiger partial charge < -0.3 is 5.32 Å². The third-order valence-corrected chi connectivity index (χ3v) is 4.38. The van der Waals surface area contributed by atoms with Crippen LogP contribution in [0.5, 0.6) is 0 Å². The average molecular weight is 229 g/mol. The van der Waals surface area contributed by atoms with E-state index in [1.165, 1.54) is 25.0 Å². The smallest absolute Gasteiger partial charge is 0.0132 e. The van der Waals surface area contributed by atoms with Crippen LogP contribution in [0.2, 0.25) is 0 Å². The normalized spacial score (nSPS) is 27.8. The van der Waals surface area contributed by atoms with Gasteiger partial charge in [-0.25, -0.2) is 0 Å². The van der Waals surface area contributed by atoms with Gasteiger partial charge in [0.1, 0.15) is 0 Å². The Morgan fingerprint density at radius 1 is 1.40 bits per heavy atom. The standard InChI is InChI=1S/C13H27NS/c1-6-7-11-8-12(11)14-10(2)9-15-13(3,4)5/h10-12,14H,6-9H2,1-5H3. The van der Waals surface area contributed by atoms with Gasteiger partial charge in [-0.05, 0) is 25.7 Å². The van der Waals surface area contributed by atoms with Crippen LogP contribution in [0, 0.1) is 5.92 Å². The van der Waals surface area contributed by atoms with Gasteiger partial charge in [-0.2, -0.15) is 11.8 Å². The number of nitrogens with one attached hydrogen (secondary N) is 1. The maximum absolute atomic E-state index is 3.74. The van der Waals surface area contributed by atoms with Gasteiger partial charge in [-0.15, -0.1) is 0 Å². The zero-order valence-electron chi connectivity index (χ0n) is 11.0. The predicted octanol–water partition coefficient (Wildman–Crippen LogP) is 3.68. The van der Waals surface area contributed by atoms with Gasteiger partial charge in [-0.3, -0.25) is 0 Å². The number of hydrogen-bond acceptors (Lipinski definition) is 2. The third-order valence-electron chi connectivity index (χ3n) is 2.85. The summed E-state index contributed by atoms with van der Waals surface area (Å²) in [5.74, 6) is 2.22. The molecule has 0 aromatic heterocycles. The minimum atomic E-state index is 0.405. The van der Waals surface area contributed by atoms with Gasteiger partial charge in [0.25, 0.3) is 0 Å². The Labute approximate surface area is 99.8 Å². The van der Waals surface area contributed by atoms with E-state index in [4.69, 9.17) is 0 Å². The molecule has 1 saturated carbocycles. The summed E-state index contributed by atoms with van der Waals surface area (Å²) in [4.78, 5) is 0. The van der Waals surface area contributed by atoms with Crippen molar-refractivity contribution in [3.8, 4) is 0 Å². The largest absolute Gasteiger partial charge is 0.310 e. The van der Waals surface area contributed by atoms with Crippen LogP contribution in [0.25, 0.3) is 0 Å². The molecule has 1 N–H and O–H groups in total. The third kappa shape index (κ3) is 5.82. The molecule has 0 saturated heterocycles. The molecule has 0 radical (unpaired) electrons. The Bertz CT molecular complexity index is 185. The summed E-state index contributed by atoms with van der Waals surface area (Å²) in [5, 5.41) is 3.74. The Hall–Kier alpha value is 0.310. The Kier molecular flexibility index (Phi) is 4.98. The first-order valence-electron chi connectivity index (χ1n) is 6.32. The minimum absolute atomic E-state index is 0.405. The van der Waals surface area contributed by atoms with Gasteiger partial charge in [0, 0.05) is 22.6 Å². The summed E-state index contributed by atoms with van der Waals surface area (Å²) in [7, 11) is 0. The summed E-state index contributed by atoms with van der Waals surface area (Å²) in [5.41, 5.74) is 0. The molecule has 0 heterocycles. The second-order valence-corrected chi connectivity index (χ2v) is 7.73. The maximum atomic E-state index is 3.74. The fraction of sp³-hybridized carbons (Fsp3) is 1.00. The molecule has 1 rings (SSSR count). The van der Waals surface area contributed by atoms with Crippen molar-refractivity contribution >= 4 is 11.8 Å². The van der Waals surface area contributed by atoms with Crippen molar-refractivity contribution in [1.82, 2.24) is 5.32 Å². The lowest BCUT2D eigenvalue weighted by molar-refractivity contribution is 0.544. The second-order valence-electron chi connectivity index (χ2n) is 5.88. The summed E-state index contributed by atoms with van der Waals surface area (Å²) in [6.45, 7) is 11.5. The highest BCUT2D eigenvalue weighted by Crippen LogP contribution is 2.35. The van der Waals surface area contributed by atoms with E-state index in [1.807, 2.05) is 0 Å². The van der Waals surface area contributed by atoms with E-state index in [1.54, 1.807) is 0 Å². The van der Waals surface area contributed by atoms with Gasteiger partial charge >= 0.3 is 0 Å². The van der Waals surface area contributed by atoms with Crippen molar-refractivity contribution < 1.29 is 0 Å². The van der Waals surface area contributed by atoms with E-state index in [0.717, 1.165) is 12.0 Å². The summed E-state index contributed by atoms with van der Waals surface area (Å²) < 4.78 is 0.405. The van der Waals surface area contributed by atoms with Crippen LogP contribution in [-0.4, -0.2) is 22.6 Å². The molecule has 3 unspecified atom stereocenters. The first-order valence-corrected chi connectivity index (χ1v) is 7.31.